The number of aromatic amines is 1. The first-order valence-corrected chi connectivity index (χ1v) is 15.5. The topological polar surface area (TPSA) is 121 Å². The first kappa shape index (κ1) is 31.1. The molecule has 3 rings (SSSR count). The normalized spacial score (nSPS) is 20.8. The summed E-state index contributed by atoms with van der Waals surface area (Å²) in [6.07, 6.45) is 2.82. The predicted molar refractivity (Wildman–Crippen MR) is 150 cm³/mol. The third-order valence-electron chi connectivity index (χ3n) is 6.12. The zero-order valence-corrected chi connectivity index (χ0v) is 25.2. The highest BCUT2D eigenvalue weighted by atomic mass is 32.2. The van der Waals surface area contributed by atoms with Crippen molar-refractivity contribution in [3.8, 4) is 0 Å². The maximum atomic E-state index is 12.3. The zero-order valence-electron chi connectivity index (χ0n) is 23.5. The van der Waals surface area contributed by atoms with Crippen LogP contribution in [0, 0.1) is 6.92 Å². The molecule has 0 radical (unpaired) electrons. The van der Waals surface area contributed by atoms with E-state index in [0.717, 1.165) is 6.42 Å². The van der Waals surface area contributed by atoms with E-state index in [9.17, 15) is 9.59 Å². The fraction of sp³-hybridized carbons (Fsp3) is 0.760. The molecule has 0 bridgehead atoms. The van der Waals surface area contributed by atoms with Crippen molar-refractivity contribution in [3.05, 3.63) is 22.5 Å². The molecule has 0 amide bonds. The molecule has 214 valence electrons. The molecule has 0 spiro atoms. The van der Waals surface area contributed by atoms with Gasteiger partial charge in [0.2, 0.25) is 0 Å². The van der Waals surface area contributed by atoms with Crippen LogP contribution in [-0.4, -0.2) is 79.2 Å². The van der Waals surface area contributed by atoms with E-state index in [0.29, 0.717) is 55.4 Å². The summed E-state index contributed by atoms with van der Waals surface area (Å²) in [4.78, 5) is 35.2. The Kier molecular flexibility index (Phi) is 12.2. The van der Waals surface area contributed by atoms with Crippen molar-refractivity contribution >= 4 is 36.6 Å². The number of nitrogens with zero attached hydrogens (tertiary/aromatic N) is 4. The van der Waals surface area contributed by atoms with E-state index in [4.69, 9.17) is 18.5 Å². The number of ether oxygens (including phenoxy) is 2. The Hall–Kier alpha value is -1.40. The average Bonchev–Trinajstić information content (AvgIpc) is 3.46. The molecule has 3 heterocycles. The molecule has 1 aliphatic rings. The summed E-state index contributed by atoms with van der Waals surface area (Å²) in [7, 11) is -1.39. The molecule has 0 aliphatic carbocycles. The van der Waals surface area contributed by atoms with Gasteiger partial charge in [0.25, 0.3) is 14.1 Å². The first-order valence-electron chi connectivity index (χ1n) is 13.4. The van der Waals surface area contributed by atoms with Gasteiger partial charge in [0, 0.05) is 30.7 Å². The molecule has 1 aliphatic heterocycles. The Bertz CT molecular complexity index is 1090. The lowest BCUT2D eigenvalue weighted by molar-refractivity contribution is -0.110. The Morgan fingerprint density at radius 2 is 2.00 bits per heavy atom. The van der Waals surface area contributed by atoms with Crippen LogP contribution in [-0.2, 0) is 23.3 Å². The second-order valence-corrected chi connectivity index (χ2v) is 12.3. The van der Waals surface area contributed by atoms with Gasteiger partial charge in [-0.2, -0.15) is 0 Å². The minimum absolute atomic E-state index is 0.139. The molecule has 2 aromatic heterocycles. The van der Waals surface area contributed by atoms with Gasteiger partial charge >= 0.3 is 0 Å². The maximum Gasteiger partial charge on any atom is 0.279 e. The van der Waals surface area contributed by atoms with Crippen LogP contribution < -0.4 is 5.56 Å². The highest BCUT2D eigenvalue weighted by Gasteiger charge is 2.40. The summed E-state index contributed by atoms with van der Waals surface area (Å²) in [6.45, 7) is 15.5. The highest BCUT2D eigenvalue weighted by molar-refractivity contribution is 8.13. The minimum atomic E-state index is -1.39. The first-order chi connectivity index (χ1) is 18.2. The number of carbonyl (C=O) groups is 1. The van der Waals surface area contributed by atoms with E-state index in [1.54, 1.807) is 13.3 Å². The van der Waals surface area contributed by atoms with Crippen LogP contribution in [0.2, 0.25) is 0 Å². The highest BCUT2D eigenvalue weighted by Crippen LogP contribution is 2.50. The number of thioether (sulfide) groups is 1. The summed E-state index contributed by atoms with van der Waals surface area (Å²) in [5.74, 6) is 1.17. The number of rotatable bonds is 15. The van der Waals surface area contributed by atoms with Gasteiger partial charge in [-0.25, -0.2) is 14.6 Å². The Balaban J connectivity index is 1.67. The fourth-order valence-corrected chi connectivity index (χ4v) is 6.80. The van der Waals surface area contributed by atoms with Gasteiger partial charge in [-0.05, 0) is 41.0 Å². The van der Waals surface area contributed by atoms with Crippen molar-refractivity contribution in [2.45, 2.75) is 98.2 Å². The molecular weight excluding hydrogens is 529 g/mol. The Labute approximate surface area is 230 Å². The number of hydrogen-bond acceptors (Lipinski definition) is 10. The SMILES string of the molecule is CCC(=O)SCCOCCOP(OC1C[C@H](n2cnc3c(=O)[nH]c(C)nc32)O[C@@H]1CC)N(C(C)C)C(C)C. The quantitative estimate of drug-likeness (QED) is 0.241. The molecular formula is C25H42N5O6PS. The monoisotopic (exact) mass is 571 g/mol. The van der Waals surface area contributed by atoms with Gasteiger partial charge in [0.1, 0.15) is 12.1 Å². The molecule has 1 saturated heterocycles. The van der Waals surface area contributed by atoms with E-state index in [2.05, 4.69) is 54.2 Å². The van der Waals surface area contributed by atoms with Crippen LogP contribution in [0.15, 0.2) is 11.1 Å². The maximum absolute atomic E-state index is 12.3. The van der Waals surface area contributed by atoms with Crippen LogP contribution in [0.4, 0.5) is 0 Å². The van der Waals surface area contributed by atoms with Crippen molar-refractivity contribution in [1.82, 2.24) is 24.2 Å². The summed E-state index contributed by atoms with van der Waals surface area (Å²) in [6, 6.07) is 0.432. The van der Waals surface area contributed by atoms with Gasteiger partial charge in [0.05, 0.1) is 38.4 Å². The van der Waals surface area contributed by atoms with Crippen molar-refractivity contribution in [2.75, 3.05) is 25.6 Å². The van der Waals surface area contributed by atoms with Crippen LogP contribution in [0.25, 0.3) is 11.2 Å². The Morgan fingerprint density at radius 3 is 2.66 bits per heavy atom. The lowest BCUT2D eigenvalue weighted by Crippen LogP contribution is -2.36. The predicted octanol–water partition coefficient (Wildman–Crippen LogP) is 4.56. The standard InChI is InChI=1S/C25H42N5O6PS/c1-8-19-20(14-21(35-19)29-15-26-23-24(29)27-18(7)28-25(23)32)36-37(30(16(3)4)17(5)6)34-11-10-33-12-13-38-22(31)9-2/h15-17,19-21H,8-14H2,1-7H3,(H,27,28,32)/t19-,20?,21-,37?/m1/s1. The van der Waals surface area contributed by atoms with Crippen LogP contribution in [0.1, 0.15) is 72.9 Å². The second-order valence-electron chi connectivity index (χ2n) is 9.72. The van der Waals surface area contributed by atoms with E-state index in [1.807, 2.05) is 11.5 Å². The van der Waals surface area contributed by atoms with Gasteiger partial charge in [-0.1, -0.05) is 25.6 Å². The van der Waals surface area contributed by atoms with Crippen molar-refractivity contribution in [1.29, 1.82) is 0 Å². The van der Waals surface area contributed by atoms with Gasteiger partial charge in [-0.15, -0.1) is 0 Å². The van der Waals surface area contributed by atoms with Gasteiger partial charge in [0.15, 0.2) is 16.3 Å². The minimum Gasteiger partial charge on any atom is -0.378 e. The van der Waals surface area contributed by atoms with Crippen molar-refractivity contribution in [2.24, 2.45) is 0 Å². The van der Waals surface area contributed by atoms with Crippen molar-refractivity contribution < 1.29 is 23.3 Å². The average molecular weight is 572 g/mol. The molecule has 0 aromatic carbocycles. The summed E-state index contributed by atoms with van der Waals surface area (Å²) < 4.78 is 29.1. The smallest absolute Gasteiger partial charge is 0.279 e. The fourth-order valence-electron chi connectivity index (χ4n) is 4.42. The summed E-state index contributed by atoms with van der Waals surface area (Å²) >= 11 is 1.30. The third kappa shape index (κ3) is 8.06. The molecule has 13 heteroatoms. The number of H-pyrrole nitrogens is 1. The van der Waals surface area contributed by atoms with Gasteiger partial charge < -0.3 is 23.5 Å². The summed E-state index contributed by atoms with van der Waals surface area (Å²) in [5, 5.41) is 0.176. The van der Waals surface area contributed by atoms with E-state index < -0.39 is 8.53 Å². The molecule has 38 heavy (non-hydrogen) atoms. The second kappa shape index (κ2) is 14.8. The lowest BCUT2D eigenvalue weighted by atomic mass is 10.1. The van der Waals surface area contributed by atoms with E-state index in [1.165, 1.54) is 11.8 Å². The van der Waals surface area contributed by atoms with Crippen LogP contribution in [0.3, 0.4) is 0 Å². The van der Waals surface area contributed by atoms with Crippen LogP contribution in [0.5, 0.6) is 0 Å². The number of hydrogen-bond donors (Lipinski definition) is 1. The van der Waals surface area contributed by atoms with E-state index >= 15 is 0 Å². The number of nitrogens with one attached hydrogen (secondary N) is 1. The number of carbonyl (C=O) groups excluding carboxylic acids is 1. The Morgan fingerprint density at radius 1 is 1.26 bits per heavy atom. The molecule has 1 N–H and O–H groups in total. The number of fused-ring (bicyclic) bond motifs is 1. The largest absolute Gasteiger partial charge is 0.378 e. The molecule has 11 nitrogen and oxygen atoms in total. The van der Waals surface area contributed by atoms with Crippen LogP contribution >= 0.6 is 20.3 Å². The zero-order chi connectivity index (χ0) is 27.8. The molecule has 1 fully saturated rings. The third-order valence-corrected chi connectivity index (χ3v) is 9.26. The molecule has 2 unspecified atom stereocenters. The number of aryl methyl sites for hydroxylation is 1. The molecule has 0 saturated carbocycles. The van der Waals surface area contributed by atoms with Crippen molar-refractivity contribution in [3.63, 3.8) is 0 Å². The number of imidazole rings is 1. The molecule has 4 atom stereocenters. The lowest BCUT2D eigenvalue weighted by Gasteiger charge is -2.37. The molecule has 2 aromatic rings. The number of aromatic nitrogens is 4. The van der Waals surface area contributed by atoms with E-state index in [-0.39, 0.29) is 41.2 Å². The van der Waals surface area contributed by atoms with Gasteiger partial charge in [-0.3, -0.25) is 14.2 Å². The summed E-state index contributed by atoms with van der Waals surface area (Å²) in [5.41, 5.74) is 0.543.